The third-order valence-corrected chi connectivity index (χ3v) is 8.28. The van der Waals surface area contributed by atoms with Gasteiger partial charge in [0.2, 0.25) is 0 Å². The van der Waals surface area contributed by atoms with Gasteiger partial charge in [-0.1, -0.05) is 69.6 Å². The molecule has 6 heteroatoms. The minimum Gasteiger partial charge on any atom is -0.469 e. The van der Waals surface area contributed by atoms with Gasteiger partial charge >= 0.3 is 5.97 Å². The Morgan fingerprint density at radius 2 is 1.82 bits per heavy atom. The van der Waals surface area contributed by atoms with E-state index in [0.29, 0.717) is 6.42 Å². The van der Waals surface area contributed by atoms with Crippen molar-refractivity contribution in [1.29, 1.82) is 0 Å². The molecule has 0 aromatic heterocycles. The maximum atomic E-state index is 11.4. The summed E-state index contributed by atoms with van der Waals surface area (Å²) in [4.78, 5) is 11.4. The number of rotatable bonds is 16. The highest BCUT2D eigenvalue weighted by Gasteiger charge is 2.34. The number of ether oxygens (including phenoxy) is 5. The van der Waals surface area contributed by atoms with Crippen LogP contribution in [-0.4, -0.2) is 51.1 Å². The summed E-state index contributed by atoms with van der Waals surface area (Å²) in [6.07, 6.45) is 25.2. The Labute approximate surface area is 237 Å². The molecular weight excluding hydrogens is 492 g/mol. The summed E-state index contributed by atoms with van der Waals surface area (Å²) in [6, 6.07) is 0. The van der Waals surface area contributed by atoms with Gasteiger partial charge in [0.25, 0.3) is 0 Å². The first kappa shape index (κ1) is 32.0. The summed E-state index contributed by atoms with van der Waals surface area (Å²) in [5, 5.41) is 0. The number of hydrogen-bond acceptors (Lipinski definition) is 6. The lowest BCUT2D eigenvalue weighted by molar-refractivity contribution is -0.198. The Morgan fingerprint density at radius 1 is 1.08 bits per heavy atom. The molecule has 39 heavy (non-hydrogen) atoms. The summed E-state index contributed by atoms with van der Waals surface area (Å²) in [7, 11) is 1.44. The van der Waals surface area contributed by atoms with Gasteiger partial charge in [0.15, 0.2) is 12.6 Å². The van der Waals surface area contributed by atoms with Crippen molar-refractivity contribution in [2.75, 3.05) is 20.3 Å². The maximum Gasteiger partial charge on any atom is 0.305 e. The third-order valence-electron chi connectivity index (χ3n) is 8.28. The average Bonchev–Trinajstić information content (AvgIpc) is 3.33. The summed E-state index contributed by atoms with van der Waals surface area (Å²) in [5.74, 6) is 0.0462. The van der Waals surface area contributed by atoms with Crippen LogP contribution >= 0.6 is 0 Å². The Balaban J connectivity index is 1.70. The molecule has 3 rings (SSSR count). The molecule has 3 aliphatic rings. The fourth-order valence-corrected chi connectivity index (χ4v) is 5.68. The lowest BCUT2D eigenvalue weighted by Crippen LogP contribution is -2.36. The van der Waals surface area contributed by atoms with Crippen LogP contribution < -0.4 is 0 Å². The van der Waals surface area contributed by atoms with Crippen LogP contribution in [0.15, 0.2) is 36.0 Å². The third kappa shape index (κ3) is 11.1. The van der Waals surface area contributed by atoms with E-state index in [1.54, 1.807) is 0 Å². The van der Waals surface area contributed by atoms with E-state index in [0.717, 1.165) is 83.8 Å². The van der Waals surface area contributed by atoms with Crippen LogP contribution in [0.2, 0.25) is 0 Å². The molecule has 0 N–H and O–H groups in total. The van der Waals surface area contributed by atoms with Gasteiger partial charge in [0.05, 0.1) is 19.3 Å². The van der Waals surface area contributed by atoms with Gasteiger partial charge in [-0.15, -0.1) is 0 Å². The zero-order valence-electron chi connectivity index (χ0n) is 25.0. The van der Waals surface area contributed by atoms with Crippen molar-refractivity contribution >= 4 is 5.97 Å². The molecule has 1 aliphatic carbocycles. The Kier molecular flexibility index (Phi) is 14.3. The van der Waals surface area contributed by atoms with Gasteiger partial charge < -0.3 is 23.7 Å². The molecular formula is C33H54O6. The van der Waals surface area contributed by atoms with Crippen LogP contribution in [0.5, 0.6) is 0 Å². The van der Waals surface area contributed by atoms with Crippen molar-refractivity contribution in [3.05, 3.63) is 36.0 Å². The van der Waals surface area contributed by atoms with Crippen LogP contribution in [-0.2, 0) is 28.5 Å². The molecule has 0 spiro atoms. The molecule has 2 aliphatic heterocycles. The zero-order chi connectivity index (χ0) is 27.9. The molecule has 222 valence electrons. The lowest BCUT2D eigenvalue weighted by atomic mass is 9.80. The SMILES string of the molecule is CCCCC(C)(C)[C@@H](/C=C/[C@@H]1C(C/C=C\CCCC(=O)OC)=CC[C@H]1OC1CCCCO1)OC1CCCCO1. The number of methoxy groups -OCH3 is 1. The van der Waals surface area contributed by atoms with E-state index in [1.165, 1.54) is 25.5 Å². The standard InChI is InChI=1S/C33H54O6/c1-5-6-23-33(2,3)29(39-32-18-12-14-25-37-32)22-20-27-26(15-9-7-8-10-16-30(34)35-4)19-21-28(27)38-31-17-11-13-24-36-31/h7,9,19-20,22,27-29,31-32H,5-6,8,10-18,21,23-25H2,1-4H3/b9-7-,22-20+/t27-,28-,29-,31?,32?/m1/s1. The van der Waals surface area contributed by atoms with Crippen molar-refractivity contribution in [2.45, 2.75) is 135 Å². The van der Waals surface area contributed by atoms with E-state index < -0.39 is 0 Å². The van der Waals surface area contributed by atoms with Crippen molar-refractivity contribution in [3.8, 4) is 0 Å². The van der Waals surface area contributed by atoms with Gasteiger partial charge in [-0.3, -0.25) is 4.79 Å². The number of carbonyl (C=O) groups excluding carboxylic acids is 1. The van der Waals surface area contributed by atoms with Crippen LogP contribution in [0, 0.1) is 11.3 Å². The smallest absolute Gasteiger partial charge is 0.305 e. The molecule has 0 aromatic rings. The predicted molar refractivity (Wildman–Crippen MR) is 155 cm³/mol. The van der Waals surface area contributed by atoms with Crippen molar-refractivity contribution in [2.24, 2.45) is 11.3 Å². The molecule has 0 amide bonds. The topological polar surface area (TPSA) is 63.2 Å². The van der Waals surface area contributed by atoms with Crippen LogP contribution in [0.25, 0.3) is 0 Å². The minimum atomic E-state index is -0.144. The molecule has 2 heterocycles. The van der Waals surface area contributed by atoms with E-state index in [-0.39, 0.29) is 42.1 Å². The van der Waals surface area contributed by atoms with Gasteiger partial charge in [-0.05, 0) is 76.0 Å². The van der Waals surface area contributed by atoms with Gasteiger partial charge in [-0.2, -0.15) is 0 Å². The largest absolute Gasteiger partial charge is 0.469 e. The fourth-order valence-electron chi connectivity index (χ4n) is 5.68. The molecule has 0 radical (unpaired) electrons. The maximum absolute atomic E-state index is 11.4. The van der Waals surface area contributed by atoms with E-state index in [9.17, 15) is 4.79 Å². The Bertz CT molecular complexity index is 788. The highest BCUT2D eigenvalue weighted by Crippen LogP contribution is 2.37. The molecule has 0 aromatic carbocycles. The molecule has 0 saturated carbocycles. The minimum absolute atomic E-state index is 0.0121. The van der Waals surface area contributed by atoms with E-state index in [4.69, 9.17) is 23.7 Å². The number of esters is 1. The highest BCUT2D eigenvalue weighted by molar-refractivity contribution is 5.69. The van der Waals surface area contributed by atoms with E-state index in [2.05, 4.69) is 51.2 Å². The second kappa shape index (κ2) is 17.4. The van der Waals surface area contributed by atoms with Crippen LogP contribution in [0.1, 0.15) is 111 Å². The fraction of sp³-hybridized carbons (Fsp3) is 0.788. The first-order valence-corrected chi connectivity index (χ1v) is 15.6. The molecule has 0 bridgehead atoms. The van der Waals surface area contributed by atoms with Gasteiger partial charge in [0.1, 0.15) is 0 Å². The second-order valence-corrected chi connectivity index (χ2v) is 12.0. The van der Waals surface area contributed by atoms with E-state index >= 15 is 0 Å². The molecule has 5 atom stereocenters. The molecule has 6 nitrogen and oxygen atoms in total. The Morgan fingerprint density at radius 3 is 2.49 bits per heavy atom. The number of hydrogen-bond donors (Lipinski definition) is 0. The number of carbonyl (C=O) groups is 1. The van der Waals surface area contributed by atoms with Crippen molar-refractivity contribution in [3.63, 3.8) is 0 Å². The second-order valence-electron chi connectivity index (χ2n) is 12.0. The van der Waals surface area contributed by atoms with Crippen LogP contribution in [0.4, 0.5) is 0 Å². The molecule has 2 fully saturated rings. The first-order chi connectivity index (χ1) is 18.9. The predicted octanol–water partition coefficient (Wildman–Crippen LogP) is 7.82. The molecule has 2 saturated heterocycles. The number of allylic oxidation sites excluding steroid dienone is 2. The summed E-state index contributed by atoms with van der Waals surface area (Å²) < 4.78 is 29.9. The first-order valence-electron chi connectivity index (χ1n) is 15.6. The number of unbranched alkanes of at least 4 members (excludes halogenated alkanes) is 2. The van der Waals surface area contributed by atoms with Crippen molar-refractivity contribution in [1.82, 2.24) is 0 Å². The van der Waals surface area contributed by atoms with Crippen molar-refractivity contribution < 1.29 is 28.5 Å². The van der Waals surface area contributed by atoms with Gasteiger partial charge in [0, 0.05) is 25.6 Å². The monoisotopic (exact) mass is 546 g/mol. The quantitative estimate of drug-likeness (QED) is 0.112. The summed E-state index contributed by atoms with van der Waals surface area (Å²) in [6.45, 7) is 8.48. The summed E-state index contributed by atoms with van der Waals surface area (Å²) >= 11 is 0. The summed E-state index contributed by atoms with van der Waals surface area (Å²) in [5.41, 5.74) is 1.40. The Hall–Kier alpha value is -1.47. The lowest BCUT2D eigenvalue weighted by Gasteiger charge is -2.36. The van der Waals surface area contributed by atoms with E-state index in [1.807, 2.05) is 0 Å². The van der Waals surface area contributed by atoms with Crippen LogP contribution in [0.3, 0.4) is 0 Å². The normalized spacial score (nSPS) is 27.2. The average molecular weight is 547 g/mol. The van der Waals surface area contributed by atoms with Gasteiger partial charge in [-0.25, -0.2) is 0 Å². The molecule has 2 unspecified atom stereocenters. The zero-order valence-corrected chi connectivity index (χ0v) is 25.0. The highest BCUT2D eigenvalue weighted by atomic mass is 16.7.